The van der Waals surface area contributed by atoms with Crippen molar-refractivity contribution in [1.82, 2.24) is 0 Å². The summed E-state index contributed by atoms with van der Waals surface area (Å²) in [6.45, 7) is 6.21. The minimum atomic E-state index is -5.81. The number of hydrogen-bond acceptors (Lipinski definition) is 4. The van der Waals surface area contributed by atoms with Crippen molar-refractivity contribution in [2.75, 3.05) is 0 Å². The normalized spacial score (nSPS) is 12.3. The summed E-state index contributed by atoms with van der Waals surface area (Å²) in [5.74, 6) is -0.571. The Bertz CT molecular complexity index is 661. The Labute approximate surface area is 114 Å². The van der Waals surface area contributed by atoms with Gasteiger partial charge in [-0.25, -0.2) is 0 Å². The first kappa shape index (κ1) is 16.5. The number of alkyl halides is 3. The minimum Gasteiger partial charge on any atom is -0.375 e. The van der Waals surface area contributed by atoms with Crippen molar-refractivity contribution in [3.63, 3.8) is 0 Å². The summed E-state index contributed by atoms with van der Waals surface area (Å²) in [5, 5.41) is 0. The Balaban J connectivity index is 3.59. The molecule has 4 nitrogen and oxygen atoms in total. The molecule has 1 aromatic carbocycles. The van der Waals surface area contributed by atoms with Gasteiger partial charge in [-0.15, -0.1) is 0 Å². The zero-order valence-electron chi connectivity index (χ0n) is 11.3. The number of halogens is 3. The molecule has 1 aromatic rings. The molecule has 8 heteroatoms. The van der Waals surface area contributed by atoms with E-state index in [-0.39, 0.29) is 17.4 Å². The molecule has 112 valence electrons. The summed E-state index contributed by atoms with van der Waals surface area (Å²) in [6, 6.07) is 0. The van der Waals surface area contributed by atoms with Crippen LogP contribution in [0.25, 0.3) is 0 Å². The molecule has 1 rings (SSSR count). The molecule has 0 aliphatic rings. The average Bonchev–Trinajstić information content (AvgIpc) is 2.32. The second-order valence-electron chi connectivity index (χ2n) is 4.34. The van der Waals surface area contributed by atoms with Gasteiger partial charge in [0.1, 0.15) is 0 Å². The van der Waals surface area contributed by atoms with Gasteiger partial charge in [-0.05, 0) is 49.9 Å². The van der Waals surface area contributed by atoms with Crippen molar-refractivity contribution in [3.8, 4) is 5.75 Å². The van der Waals surface area contributed by atoms with Gasteiger partial charge in [0.25, 0.3) is 0 Å². The third-order valence-electron chi connectivity index (χ3n) is 3.27. The van der Waals surface area contributed by atoms with Crippen molar-refractivity contribution >= 4 is 16.4 Å². The summed E-state index contributed by atoms with van der Waals surface area (Å²) in [6.07, 6.45) is 0.288. The molecule has 0 bridgehead atoms. The zero-order valence-corrected chi connectivity index (χ0v) is 12.1. The molecule has 0 aliphatic heterocycles. The third-order valence-corrected chi connectivity index (χ3v) is 4.22. The Morgan fingerprint density at radius 1 is 0.950 bits per heavy atom. The van der Waals surface area contributed by atoms with Gasteiger partial charge >= 0.3 is 15.6 Å². The molecule has 0 N–H and O–H groups in total. The average molecular weight is 310 g/mol. The lowest BCUT2D eigenvalue weighted by Crippen LogP contribution is -2.29. The van der Waals surface area contributed by atoms with Crippen LogP contribution in [-0.4, -0.2) is 20.2 Å². The quantitative estimate of drug-likeness (QED) is 0.489. The highest BCUT2D eigenvalue weighted by Gasteiger charge is 2.49. The molecular weight excluding hydrogens is 297 g/mol. The second kappa shape index (κ2) is 5.08. The molecule has 20 heavy (non-hydrogen) atoms. The van der Waals surface area contributed by atoms with Crippen molar-refractivity contribution in [3.05, 3.63) is 27.8 Å². The number of rotatable bonds is 3. The number of hydrogen-bond donors (Lipinski definition) is 0. The smallest absolute Gasteiger partial charge is 0.375 e. The fourth-order valence-electron chi connectivity index (χ4n) is 1.71. The molecule has 0 atom stereocenters. The van der Waals surface area contributed by atoms with Crippen LogP contribution in [-0.2, 0) is 10.1 Å². The van der Waals surface area contributed by atoms with Gasteiger partial charge in [0.15, 0.2) is 12.0 Å². The van der Waals surface area contributed by atoms with Gasteiger partial charge in [0, 0.05) is 0 Å². The monoisotopic (exact) mass is 310 g/mol. The maximum atomic E-state index is 12.4. The second-order valence-corrected chi connectivity index (χ2v) is 5.88. The Morgan fingerprint density at radius 3 is 1.80 bits per heavy atom. The van der Waals surface area contributed by atoms with Gasteiger partial charge in [0.05, 0.1) is 5.56 Å². The summed E-state index contributed by atoms with van der Waals surface area (Å²) >= 11 is 0. The van der Waals surface area contributed by atoms with Crippen LogP contribution >= 0.6 is 0 Å². The predicted octanol–water partition coefficient (Wildman–Crippen LogP) is 2.96. The Hall–Kier alpha value is -1.57. The van der Waals surface area contributed by atoms with E-state index in [0.717, 1.165) is 0 Å². The molecule has 0 amide bonds. The molecule has 0 aliphatic carbocycles. The van der Waals surface area contributed by atoms with Crippen molar-refractivity contribution < 1.29 is 30.6 Å². The van der Waals surface area contributed by atoms with Crippen molar-refractivity contribution in [2.24, 2.45) is 0 Å². The number of aldehydes is 1. The summed E-state index contributed by atoms with van der Waals surface area (Å²) in [5.41, 5.74) is -3.91. The summed E-state index contributed by atoms with van der Waals surface area (Å²) in [4.78, 5) is 11.0. The molecule has 0 heterocycles. The molecule has 0 saturated heterocycles. The summed E-state index contributed by atoms with van der Waals surface area (Å²) in [7, 11) is -5.81. The molecule has 0 unspecified atom stereocenters. The Morgan fingerprint density at radius 2 is 1.40 bits per heavy atom. The van der Waals surface area contributed by atoms with Gasteiger partial charge in [0.2, 0.25) is 0 Å². The first-order chi connectivity index (χ1) is 8.94. The van der Waals surface area contributed by atoms with E-state index >= 15 is 0 Å². The molecule has 0 spiro atoms. The minimum absolute atomic E-state index is 0.183. The van der Waals surface area contributed by atoms with Crippen molar-refractivity contribution in [1.29, 1.82) is 0 Å². The third kappa shape index (κ3) is 2.65. The highest BCUT2D eigenvalue weighted by Crippen LogP contribution is 2.35. The molecule has 0 saturated carbocycles. The van der Waals surface area contributed by atoms with Crippen molar-refractivity contribution in [2.45, 2.75) is 33.2 Å². The van der Waals surface area contributed by atoms with E-state index in [0.29, 0.717) is 16.7 Å². The van der Waals surface area contributed by atoms with Crippen LogP contribution in [0.5, 0.6) is 5.75 Å². The van der Waals surface area contributed by atoms with Crippen LogP contribution in [0, 0.1) is 27.7 Å². The lowest BCUT2D eigenvalue weighted by molar-refractivity contribution is -0.0500. The maximum Gasteiger partial charge on any atom is 0.534 e. The molecular formula is C12H13F3O4S. The molecule has 0 aromatic heterocycles. The van der Waals surface area contributed by atoms with Crippen LogP contribution in [0.1, 0.15) is 32.6 Å². The predicted molar refractivity (Wildman–Crippen MR) is 66.4 cm³/mol. The zero-order chi connectivity index (χ0) is 15.9. The highest BCUT2D eigenvalue weighted by atomic mass is 32.2. The van der Waals surface area contributed by atoms with Gasteiger partial charge < -0.3 is 4.18 Å². The topological polar surface area (TPSA) is 60.4 Å². The van der Waals surface area contributed by atoms with E-state index in [4.69, 9.17) is 0 Å². The van der Waals surface area contributed by atoms with Crippen LogP contribution in [0.15, 0.2) is 0 Å². The Kier molecular flexibility index (Phi) is 4.19. The standard InChI is InChI=1S/C12H13F3O4S/c1-6-7(2)9(4)11(10(5-16)8(6)3)19-20(17,18)12(13,14)15/h5H,1-4H3. The number of carbonyl (C=O) groups excluding carboxylic acids is 1. The van der Waals surface area contributed by atoms with Gasteiger partial charge in [-0.3, -0.25) is 4.79 Å². The fourth-order valence-corrected chi connectivity index (χ4v) is 2.24. The number of benzene rings is 1. The first-order valence-corrected chi connectivity index (χ1v) is 6.91. The van der Waals surface area contributed by atoms with Crippen LogP contribution in [0.2, 0.25) is 0 Å². The van der Waals surface area contributed by atoms with Gasteiger partial charge in [-0.1, -0.05) is 0 Å². The van der Waals surface area contributed by atoms with E-state index in [1.165, 1.54) is 13.8 Å². The van der Waals surface area contributed by atoms with E-state index < -0.39 is 21.4 Å². The van der Waals surface area contributed by atoms with Crippen LogP contribution < -0.4 is 4.18 Å². The lowest BCUT2D eigenvalue weighted by Gasteiger charge is -2.18. The van der Waals surface area contributed by atoms with Gasteiger partial charge in [-0.2, -0.15) is 21.6 Å². The summed E-state index contributed by atoms with van der Waals surface area (Å²) < 4.78 is 63.4. The van der Waals surface area contributed by atoms with Crippen LogP contribution in [0.3, 0.4) is 0 Å². The van der Waals surface area contributed by atoms with E-state index in [1.807, 2.05) is 0 Å². The first-order valence-electron chi connectivity index (χ1n) is 5.50. The number of carbonyl (C=O) groups is 1. The van der Waals surface area contributed by atoms with E-state index in [2.05, 4.69) is 4.18 Å². The van der Waals surface area contributed by atoms with Crippen LogP contribution in [0.4, 0.5) is 13.2 Å². The highest BCUT2D eigenvalue weighted by molar-refractivity contribution is 7.88. The SMILES string of the molecule is Cc1c(C)c(C)c(OS(=O)(=O)C(F)(F)F)c(C=O)c1C. The lowest BCUT2D eigenvalue weighted by atomic mass is 9.94. The molecule has 0 radical (unpaired) electrons. The maximum absolute atomic E-state index is 12.4. The van der Waals surface area contributed by atoms with E-state index in [9.17, 15) is 26.4 Å². The van der Waals surface area contributed by atoms with E-state index in [1.54, 1.807) is 13.8 Å². The largest absolute Gasteiger partial charge is 0.534 e. The fraction of sp³-hybridized carbons (Fsp3) is 0.417. The molecule has 0 fully saturated rings.